The van der Waals surface area contributed by atoms with Gasteiger partial charge in [0.2, 0.25) is 11.8 Å². The van der Waals surface area contributed by atoms with Crippen molar-refractivity contribution in [2.45, 2.75) is 12.8 Å². The summed E-state index contributed by atoms with van der Waals surface area (Å²) in [6, 6.07) is 11.4. The van der Waals surface area contributed by atoms with E-state index in [4.69, 9.17) is 11.6 Å². The first-order valence-corrected chi connectivity index (χ1v) is 8.35. The van der Waals surface area contributed by atoms with Crippen molar-refractivity contribution < 1.29 is 14.4 Å². The van der Waals surface area contributed by atoms with Gasteiger partial charge in [0.1, 0.15) is 0 Å². The van der Waals surface area contributed by atoms with E-state index < -0.39 is 0 Å². The highest BCUT2D eigenvalue weighted by molar-refractivity contribution is 9.10. The van der Waals surface area contributed by atoms with Crippen LogP contribution in [0.4, 0.5) is 11.4 Å². The van der Waals surface area contributed by atoms with E-state index in [1.165, 1.54) is 0 Å². The van der Waals surface area contributed by atoms with Crippen LogP contribution in [-0.4, -0.2) is 17.7 Å². The molecule has 0 unspecified atom stereocenters. The molecule has 3 rings (SSSR count). The maximum atomic E-state index is 12.3. The molecule has 1 aliphatic rings. The Morgan fingerprint density at radius 1 is 1.04 bits per heavy atom. The fourth-order valence-corrected chi connectivity index (χ4v) is 3.13. The smallest absolute Gasteiger partial charge is 0.255 e. The Morgan fingerprint density at radius 3 is 2.25 bits per heavy atom. The van der Waals surface area contributed by atoms with Crippen molar-refractivity contribution in [3.63, 3.8) is 0 Å². The van der Waals surface area contributed by atoms with Crippen LogP contribution in [0.3, 0.4) is 0 Å². The molecule has 1 saturated heterocycles. The predicted octanol–water partition coefficient (Wildman–Crippen LogP) is 4.01. The number of hydrogen-bond acceptors (Lipinski definition) is 3. The van der Waals surface area contributed by atoms with Crippen LogP contribution in [0, 0.1) is 0 Å². The molecule has 5 nitrogen and oxygen atoms in total. The number of anilines is 2. The minimum atomic E-state index is -0.329. The summed E-state index contributed by atoms with van der Waals surface area (Å²) < 4.78 is 0.815. The Labute approximate surface area is 151 Å². The Morgan fingerprint density at radius 2 is 1.67 bits per heavy atom. The molecule has 3 amide bonds. The first-order valence-electron chi connectivity index (χ1n) is 7.18. The summed E-state index contributed by atoms with van der Waals surface area (Å²) in [6.45, 7) is 0. The van der Waals surface area contributed by atoms with E-state index in [1.807, 2.05) is 0 Å². The topological polar surface area (TPSA) is 66.5 Å². The molecule has 7 heteroatoms. The van der Waals surface area contributed by atoms with Gasteiger partial charge in [0, 0.05) is 22.9 Å². The summed E-state index contributed by atoms with van der Waals surface area (Å²) in [7, 11) is 0. The monoisotopic (exact) mass is 406 g/mol. The molecular weight excluding hydrogens is 396 g/mol. The van der Waals surface area contributed by atoms with Crippen molar-refractivity contribution in [3.05, 3.63) is 57.5 Å². The number of hydrogen-bond donors (Lipinski definition) is 1. The zero-order valence-corrected chi connectivity index (χ0v) is 14.7. The van der Waals surface area contributed by atoms with Gasteiger partial charge in [0.25, 0.3) is 5.91 Å². The van der Waals surface area contributed by atoms with Crippen LogP contribution >= 0.6 is 27.5 Å². The van der Waals surface area contributed by atoms with Crippen molar-refractivity contribution in [3.8, 4) is 0 Å². The van der Waals surface area contributed by atoms with Gasteiger partial charge in [-0.1, -0.05) is 27.5 Å². The van der Waals surface area contributed by atoms with Crippen molar-refractivity contribution in [1.29, 1.82) is 0 Å². The molecule has 24 heavy (non-hydrogen) atoms. The first-order chi connectivity index (χ1) is 11.5. The van der Waals surface area contributed by atoms with Gasteiger partial charge in [-0.3, -0.25) is 19.3 Å². The lowest BCUT2D eigenvalue weighted by molar-refractivity contribution is -0.121. The highest BCUT2D eigenvalue weighted by Crippen LogP contribution is 2.27. The Hall–Kier alpha value is -2.18. The van der Waals surface area contributed by atoms with Crippen LogP contribution in [0.25, 0.3) is 0 Å². The molecule has 0 atom stereocenters. The van der Waals surface area contributed by atoms with Crippen molar-refractivity contribution >= 4 is 56.6 Å². The molecule has 0 radical (unpaired) electrons. The molecular formula is C17H12BrClN2O3. The van der Waals surface area contributed by atoms with Crippen LogP contribution in [-0.2, 0) is 9.59 Å². The third-order valence-electron chi connectivity index (χ3n) is 3.62. The Kier molecular flexibility index (Phi) is 4.69. The molecule has 0 aromatic heterocycles. The van der Waals surface area contributed by atoms with Crippen LogP contribution in [0.1, 0.15) is 23.2 Å². The normalized spacial score (nSPS) is 14.2. The van der Waals surface area contributed by atoms with Gasteiger partial charge >= 0.3 is 0 Å². The highest BCUT2D eigenvalue weighted by Gasteiger charge is 2.30. The van der Waals surface area contributed by atoms with Gasteiger partial charge < -0.3 is 5.32 Å². The summed E-state index contributed by atoms with van der Waals surface area (Å²) >= 11 is 9.38. The molecule has 2 aromatic rings. The van der Waals surface area contributed by atoms with Crippen molar-refractivity contribution in [1.82, 2.24) is 0 Å². The summed E-state index contributed by atoms with van der Waals surface area (Å²) in [5.41, 5.74) is 1.37. The van der Waals surface area contributed by atoms with E-state index in [9.17, 15) is 14.4 Å². The van der Waals surface area contributed by atoms with Crippen LogP contribution in [0.15, 0.2) is 46.9 Å². The zero-order valence-electron chi connectivity index (χ0n) is 12.4. The van der Waals surface area contributed by atoms with E-state index in [2.05, 4.69) is 21.2 Å². The summed E-state index contributed by atoms with van der Waals surface area (Å²) in [5, 5.41) is 3.14. The summed E-state index contributed by atoms with van der Waals surface area (Å²) in [4.78, 5) is 36.9. The standard InChI is InChI=1S/C17H12BrClN2O3/c18-11-3-6-14(13(19)9-11)20-17(24)10-1-4-12(5-2-10)21-15(22)7-8-16(21)23/h1-6,9H,7-8H2,(H,20,24). The van der Waals surface area contributed by atoms with Gasteiger partial charge in [-0.05, 0) is 42.5 Å². The quantitative estimate of drug-likeness (QED) is 0.782. The number of imide groups is 1. The van der Waals surface area contributed by atoms with Gasteiger partial charge in [-0.15, -0.1) is 0 Å². The number of benzene rings is 2. The average Bonchev–Trinajstić information content (AvgIpc) is 2.89. The number of amides is 3. The fourth-order valence-electron chi connectivity index (χ4n) is 2.41. The molecule has 0 bridgehead atoms. The molecule has 0 saturated carbocycles. The van der Waals surface area contributed by atoms with Crippen LogP contribution in [0.2, 0.25) is 5.02 Å². The Bertz CT molecular complexity index is 820. The molecule has 2 aromatic carbocycles. The van der Waals surface area contributed by atoms with Crippen molar-refractivity contribution in [2.24, 2.45) is 0 Å². The van der Waals surface area contributed by atoms with E-state index >= 15 is 0 Å². The Balaban J connectivity index is 1.76. The predicted molar refractivity (Wildman–Crippen MR) is 95.3 cm³/mol. The summed E-state index contributed by atoms with van der Waals surface area (Å²) in [5.74, 6) is -0.775. The minimum absolute atomic E-state index is 0.223. The molecule has 1 aliphatic heterocycles. The number of nitrogens with zero attached hydrogens (tertiary/aromatic N) is 1. The number of rotatable bonds is 3. The molecule has 1 N–H and O–H groups in total. The van der Waals surface area contributed by atoms with E-state index in [0.717, 1.165) is 9.37 Å². The lowest BCUT2D eigenvalue weighted by Crippen LogP contribution is -2.28. The van der Waals surface area contributed by atoms with E-state index in [1.54, 1.807) is 42.5 Å². The van der Waals surface area contributed by atoms with Gasteiger partial charge in [0.15, 0.2) is 0 Å². The second-order valence-electron chi connectivity index (χ2n) is 5.25. The van der Waals surface area contributed by atoms with Crippen LogP contribution < -0.4 is 10.2 Å². The summed E-state index contributed by atoms with van der Waals surface area (Å²) in [6.07, 6.45) is 0.451. The van der Waals surface area contributed by atoms with Gasteiger partial charge in [0.05, 0.1) is 16.4 Å². The molecule has 0 spiro atoms. The molecule has 1 fully saturated rings. The van der Waals surface area contributed by atoms with E-state index in [0.29, 0.717) is 22.0 Å². The van der Waals surface area contributed by atoms with Crippen molar-refractivity contribution in [2.75, 3.05) is 10.2 Å². The average molecular weight is 408 g/mol. The lowest BCUT2D eigenvalue weighted by Gasteiger charge is -2.14. The second kappa shape index (κ2) is 6.75. The number of halogens is 2. The SMILES string of the molecule is O=C(Nc1ccc(Br)cc1Cl)c1ccc(N2C(=O)CCC2=O)cc1. The first kappa shape index (κ1) is 16.7. The van der Waals surface area contributed by atoms with Gasteiger partial charge in [-0.25, -0.2) is 0 Å². The fraction of sp³-hybridized carbons (Fsp3) is 0.118. The number of carbonyl (C=O) groups is 3. The molecule has 1 heterocycles. The molecule has 0 aliphatic carbocycles. The third kappa shape index (κ3) is 3.34. The number of carbonyl (C=O) groups excluding carboxylic acids is 3. The largest absolute Gasteiger partial charge is 0.321 e. The van der Waals surface area contributed by atoms with E-state index in [-0.39, 0.29) is 30.6 Å². The molecule has 122 valence electrons. The maximum absolute atomic E-state index is 12.3. The highest BCUT2D eigenvalue weighted by atomic mass is 79.9. The third-order valence-corrected chi connectivity index (χ3v) is 4.42. The zero-order chi connectivity index (χ0) is 17.3. The minimum Gasteiger partial charge on any atom is -0.321 e. The van der Waals surface area contributed by atoms with Crippen LogP contribution in [0.5, 0.6) is 0 Å². The number of nitrogens with one attached hydrogen (secondary N) is 1. The second-order valence-corrected chi connectivity index (χ2v) is 6.57. The maximum Gasteiger partial charge on any atom is 0.255 e. The lowest BCUT2D eigenvalue weighted by atomic mass is 10.1. The van der Waals surface area contributed by atoms with Gasteiger partial charge in [-0.2, -0.15) is 0 Å².